The highest BCUT2D eigenvalue weighted by Gasteiger charge is 2.04. The molecule has 0 saturated carbocycles. The number of pyridine rings is 1. The molecule has 0 amide bonds. The van der Waals surface area contributed by atoms with Crippen molar-refractivity contribution in [3.63, 3.8) is 0 Å². The lowest BCUT2D eigenvalue weighted by Gasteiger charge is -2.16. The van der Waals surface area contributed by atoms with E-state index in [4.69, 9.17) is 0 Å². The molecule has 2 heterocycles. The lowest BCUT2D eigenvalue weighted by molar-refractivity contribution is 0.297. The van der Waals surface area contributed by atoms with Crippen LogP contribution in [0.2, 0.25) is 0 Å². The van der Waals surface area contributed by atoms with Crippen molar-refractivity contribution in [2.24, 2.45) is 0 Å². The van der Waals surface area contributed by atoms with E-state index in [2.05, 4.69) is 53.3 Å². The van der Waals surface area contributed by atoms with Gasteiger partial charge in [-0.1, -0.05) is 31.2 Å². The molecule has 1 aromatic carbocycles. The molecule has 2 aromatic rings. The van der Waals surface area contributed by atoms with Crippen LogP contribution in [-0.4, -0.2) is 35.0 Å². The van der Waals surface area contributed by atoms with E-state index < -0.39 is 0 Å². The number of para-hydroxylation sites is 1. The van der Waals surface area contributed by atoms with E-state index in [-0.39, 0.29) is 0 Å². The highest BCUT2D eigenvalue weighted by atomic mass is 15.3. The van der Waals surface area contributed by atoms with Gasteiger partial charge in [-0.25, -0.2) is 0 Å². The SMILES string of the molecule is CCCN1C=CN(C)C1.c1ccc2ncccc2c1. The van der Waals surface area contributed by atoms with Gasteiger partial charge in [-0.3, -0.25) is 4.98 Å². The zero-order valence-corrected chi connectivity index (χ0v) is 11.7. The van der Waals surface area contributed by atoms with Gasteiger partial charge in [0.05, 0.1) is 12.2 Å². The van der Waals surface area contributed by atoms with E-state index in [9.17, 15) is 0 Å². The summed E-state index contributed by atoms with van der Waals surface area (Å²) in [6.45, 7) is 4.45. The molecule has 3 heteroatoms. The summed E-state index contributed by atoms with van der Waals surface area (Å²) in [7, 11) is 2.09. The van der Waals surface area contributed by atoms with Crippen molar-refractivity contribution in [2.75, 3.05) is 20.3 Å². The van der Waals surface area contributed by atoms with Gasteiger partial charge in [0.1, 0.15) is 0 Å². The summed E-state index contributed by atoms with van der Waals surface area (Å²) < 4.78 is 0. The minimum Gasteiger partial charge on any atom is -0.362 e. The Hall–Kier alpha value is -2.03. The Balaban J connectivity index is 0.000000141. The van der Waals surface area contributed by atoms with Gasteiger partial charge in [0.25, 0.3) is 0 Å². The molecule has 1 aliphatic rings. The molecule has 0 N–H and O–H groups in total. The molecule has 0 bridgehead atoms. The molecule has 0 spiro atoms. The molecule has 0 aliphatic carbocycles. The topological polar surface area (TPSA) is 19.4 Å². The van der Waals surface area contributed by atoms with Crippen LogP contribution in [0.25, 0.3) is 10.9 Å². The van der Waals surface area contributed by atoms with Crippen LogP contribution >= 0.6 is 0 Å². The number of benzene rings is 1. The molecular formula is C16H21N3. The van der Waals surface area contributed by atoms with E-state index >= 15 is 0 Å². The van der Waals surface area contributed by atoms with Gasteiger partial charge < -0.3 is 9.80 Å². The maximum atomic E-state index is 4.18. The molecule has 0 saturated heterocycles. The van der Waals surface area contributed by atoms with E-state index in [0.29, 0.717) is 0 Å². The smallest absolute Gasteiger partial charge is 0.0890 e. The van der Waals surface area contributed by atoms with Gasteiger partial charge >= 0.3 is 0 Å². The van der Waals surface area contributed by atoms with Crippen molar-refractivity contribution in [1.29, 1.82) is 0 Å². The van der Waals surface area contributed by atoms with Crippen molar-refractivity contribution in [3.8, 4) is 0 Å². The predicted octanol–water partition coefficient (Wildman–Crippen LogP) is 3.31. The van der Waals surface area contributed by atoms with Crippen LogP contribution in [0.15, 0.2) is 55.0 Å². The average Bonchev–Trinajstić information content (AvgIpc) is 2.86. The van der Waals surface area contributed by atoms with E-state index in [1.165, 1.54) is 18.4 Å². The summed E-state index contributed by atoms with van der Waals surface area (Å²) in [6, 6.07) is 12.1. The third kappa shape index (κ3) is 3.98. The van der Waals surface area contributed by atoms with E-state index in [1.54, 1.807) is 0 Å². The first-order chi connectivity index (χ1) is 9.29. The summed E-state index contributed by atoms with van der Waals surface area (Å²) in [4.78, 5) is 8.66. The first-order valence-corrected chi connectivity index (χ1v) is 6.72. The van der Waals surface area contributed by atoms with Crippen LogP contribution in [0.3, 0.4) is 0 Å². The van der Waals surface area contributed by atoms with Crippen molar-refractivity contribution in [2.45, 2.75) is 13.3 Å². The fourth-order valence-corrected chi connectivity index (χ4v) is 2.04. The van der Waals surface area contributed by atoms with Gasteiger partial charge in [-0.2, -0.15) is 0 Å². The van der Waals surface area contributed by atoms with Gasteiger partial charge in [0.15, 0.2) is 0 Å². The van der Waals surface area contributed by atoms with E-state index in [1.807, 2.05) is 30.5 Å². The molecule has 0 radical (unpaired) electrons. The lowest BCUT2D eigenvalue weighted by Crippen LogP contribution is -2.22. The molecule has 0 atom stereocenters. The van der Waals surface area contributed by atoms with Crippen LogP contribution in [-0.2, 0) is 0 Å². The summed E-state index contributed by atoms with van der Waals surface area (Å²) >= 11 is 0. The monoisotopic (exact) mass is 255 g/mol. The van der Waals surface area contributed by atoms with Crippen LogP contribution < -0.4 is 0 Å². The number of aromatic nitrogens is 1. The third-order valence-electron chi connectivity index (χ3n) is 2.96. The predicted molar refractivity (Wildman–Crippen MR) is 80.5 cm³/mol. The average molecular weight is 255 g/mol. The second-order valence-electron chi connectivity index (χ2n) is 4.71. The maximum absolute atomic E-state index is 4.18. The van der Waals surface area contributed by atoms with Crippen LogP contribution in [0.1, 0.15) is 13.3 Å². The van der Waals surface area contributed by atoms with Gasteiger partial charge in [-0.15, -0.1) is 0 Å². The molecule has 0 fully saturated rings. The number of rotatable bonds is 2. The normalized spacial score (nSPS) is 13.6. The number of nitrogens with zero attached hydrogens (tertiary/aromatic N) is 3. The van der Waals surface area contributed by atoms with Crippen LogP contribution in [0.4, 0.5) is 0 Å². The molecular weight excluding hydrogens is 234 g/mol. The highest BCUT2D eigenvalue weighted by molar-refractivity contribution is 5.77. The number of hydrogen-bond donors (Lipinski definition) is 0. The minimum atomic E-state index is 1.06. The molecule has 1 aromatic heterocycles. The molecule has 3 nitrogen and oxygen atoms in total. The van der Waals surface area contributed by atoms with Crippen LogP contribution in [0.5, 0.6) is 0 Å². The number of hydrogen-bond acceptors (Lipinski definition) is 3. The Kier molecular flexibility index (Phi) is 4.78. The standard InChI is InChI=1S/C9H7N.C7H14N2/c1-2-6-9-8(4-1)5-3-7-10-9;1-3-4-9-6-5-8(2)7-9/h1-7H;5-6H,3-4,7H2,1-2H3. The summed E-state index contributed by atoms with van der Waals surface area (Å²) in [5, 5.41) is 1.20. The van der Waals surface area contributed by atoms with Crippen molar-refractivity contribution in [1.82, 2.24) is 14.8 Å². The Morgan fingerprint density at radius 3 is 2.58 bits per heavy atom. The zero-order valence-electron chi connectivity index (χ0n) is 11.7. The number of fused-ring (bicyclic) bond motifs is 1. The fraction of sp³-hybridized carbons (Fsp3) is 0.312. The minimum absolute atomic E-state index is 1.06. The molecule has 0 unspecified atom stereocenters. The largest absolute Gasteiger partial charge is 0.362 e. The Morgan fingerprint density at radius 1 is 1.11 bits per heavy atom. The quantitative estimate of drug-likeness (QED) is 0.820. The molecule has 1 aliphatic heterocycles. The Morgan fingerprint density at radius 2 is 1.89 bits per heavy atom. The van der Waals surface area contributed by atoms with E-state index in [0.717, 1.165) is 12.2 Å². The fourth-order valence-electron chi connectivity index (χ4n) is 2.04. The summed E-state index contributed by atoms with van der Waals surface area (Å²) in [6.07, 6.45) is 7.29. The highest BCUT2D eigenvalue weighted by Crippen LogP contribution is 2.07. The first-order valence-electron chi connectivity index (χ1n) is 6.72. The van der Waals surface area contributed by atoms with Gasteiger partial charge in [-0.05, 0) is 18.6 Å². The molecule has 19 heavy (non-hydrogen) atoms. The van der Waals surface area contributed by atoms with Crippen molar-refractivity contribution < 1.29 is 0 Å². The second-order valence-corrected chi connectivity index (χ2v) is 4.71. The molecule has 100 valence electrons. The maximum Gasteiger partial charge on any atom is 0.0890 e. The molecule has 3 rings (SSSR count). The zero-order chi connectivity index (χ0) is 13.5. The Labute approximate surface area is 115 Å². The summed E-state index contributed by atoms with van der Waals surface area (Å²) in [5.41, 5.74) is 1.06. The van der Waals surface area contributed by atoms with Crippen molar-refractivity contribution in [3.05, 3.63) is 55.0 Å². The van der Waals surface area contributed by atoms with Crippen LogP contribution in [0, 0.1) is 0 Å². The Bertz CT molecular complexity index is 471. The lowest BCUT2D eigenvalue weighted by atomic mass is 10.2. The van der Waals surface area contributed by atoms with Gasteiger partial charge in [0.2, 0.25) is 0 Å². The third-order valence-corrected chi connectivity index (χ3v) is 2.96. The second kappa shape index (κ2) is 6.78. The van der Waals surface area contributed by atoms with Crippen molar-refractivity contribution >= 4 is 10.9 Å². The van der Waals surface area contributed by atoms with Gasteiger partial charge in [0, 0.05) is 37.6 Å². The first kappa shape index (κ1) is 13.4. The summed E-state index contributed by atoms with van der Waals surface area (Å²) in [5.74, 6) is 0.